The molecule has 1 aromatic heterocycles. The van der Waals surface area contributed by atoms with Gasteiger partial charge in [0.15, 0.2) is 5.69 Å². The Hall–Kier alpha value is -3.57. The van der Waals surface area contributed by atoms with Gasteiger partial charge in [-0.05, 0) is 51.0 Å². The molecule has 0 spiro atoms. The molecule has 2 N–H and O–H groups in total. The van der Waals surface area contributed by atoms with Crippen LogP contribution in [-0.2, 0) is 10.0 Å². The summed E-state index contributed by atoms with van der Waals surface area (Å²) in [6.07, 6.45) is 1.61. The van der Waals surface area contributed by atoms with Crippen molar-refractivity contribution in [3.63, 3.8) is 0 Å². The minimum absolute atomic E-state index is 0.0186. The van der Waals surface area contributed by atoms with E-state index in [1.54, 1.807) is 38.1 Å². The van der Waals surface area contributed by atoms with Gasteiger partial charge in [0.2, 0.25) is 10.0 Å². The third-order valence-electron chi connectivity index (χ3n) is 5.62. The Morgan fingerprint density at radius 1 is 0.941 bits per heavy atom. The summed E-state index contributed by atoms with van der Waals surface area (Å²) in [6, 6.07) is 12.0. The van der Waals surface area contributed by atoms with E-state index < -0.39 is 21.8 Å². The van der Waals surface area contributed by atoms with Crippen LogP contribution in [0.4, 0.5) is 0 Å². The Morgan fingerprint density at radius 2 is 1.59 bits per heavy atom. The van der Waals surface area contributed by atoms with Crippen molar-refractivity contribution in [2.75, 3.05) is 13.1 Å². The van der Waals surface area contributed by atoms with E-state index in [2.05, 4.69) is 16.0 Å². The number of nitrogens with one attached hydrogen (secondary N) is 2. The highest BCUT2D eigenvalue weighted by atomic mass is 32.2. The predicted molar refractivity (Wildman–Crippen MR) is 126 cm³/mol. The number of carbonyl (C=O) groups is 2. The van der Waals surface area contributed by atoms with Gasteiger partial charge >= 0.3 is 0 Å². The van der Waals surface area contributed by atoms with E-state index in [1.807, 2.05) is 0 Å². The number of sulfonamides is 1. The largest absolute Gasteiger partial charge is 0.290 e. The van der Waals surface area contributed by atoms with Crippen LogP contribution in [-0.4, -0.2) is 47.4 Å². The quantitative estimate of drug-likeness (QED) is 0.533. The van der Waals surface area contributed by atoms with Crippen LogP contribution in [0, 0.1) is 0 Å². The molecule has 178 valence electrons. The highest BCUT2D eigenvalue weighted by Gasteiger charge is 2.27. The first-order valence-corrected chi connectivity index (χ1v) is 12.4. The van der Waals surface area contributed by atoms with Crippen molar-refractivity contribution in [1.29, 1.82) is 0 Å². The van der Waals surface area contributed by atoms with Gasteiger partial charge in [0, 0.05) is 24.0 Å². The van der Waals surface area contributed by atoms with Gasteiger partial charge in [-0.25, -0.2) is 13.1 Å². The molecule has 0 atom stereocenters. The van der Waals surface area contributed by atoms with Gasteiger partial charge in [-0.2, -0.15) is 9.40 Å². The molecule has 0 saturated carbocycles. The van der Waals surface area contributed by atoms with Crippen LogP contribution < -0.4 is 16.4 Å². The van der Waals surface area contributed by atoms with Crippen LogP contribution in [0.25, 0.3) is 10.8 Å². The van der Waals surface area contributed by atoms with Gasteiger partial charge in [-0.1, -0.05) is 24.3 Å². The van der Waals surface area contributed by atoms with Crippen molar-refractivity contribution in [3.05, 3.63) is 70.1 Å². The van der Waals surface area contributed by atoms with Crippen LogP contribution >= 0.6 is 0 Å². The molecule has 0 radical (unpaired) electrons. The Balaban J connectivity index is 1.55. The number of benzene rings is 2. The second kappa shape index (κ2) is 9.35. The van der Waals surface area contributed by atoms with E-state index in [1.165, 1.54) is 33.3 Å². The zero-order valence-electron chi connectivity index (χ0n) is 18.8. The molecule has 34 heavy (non-hydrogen) atoms. The molecular formula is C23H25N5O5S. The first-order chi connectivity index (χ1) is 16.2. The Morgan fingerprint density at radius 3 is 2.26 bits per heavy atom. The Bertz CT molecular complexity index is 1430. The first kappa shape index (κ1) is 23.6. The van der Waals surface area contributed by atoms with Gasteiger partial charge < -0.3 is 0 Å². The number of nitrogens with zero attached hydrogens (tertiary/aromatic N) is 3. The second-order valence-corrected chi connectivity index (χ2v) is 10.2. The number of fused-ring (bicyclic) bond motifs is 1. The Kier molecular flexibility index (Phi) is 6.49. The average molecular weight is 484 g/mol. The van der Waals surface area contributed by atoms with Crippen LogP contribution in [0.15, 0.2) is 58.2 Å². The lowest BCUT2D eigenvalue weighted by Crippen LogP contribution is -2.43. The predicted octanol–water partition coefficient (Wildman–Crippen LogP) is 1.84. The molecule has 1 fully saturated rings. The van der Waals surface area contributed by atoms with Gasteiger partial charge in [0.25, 0.3) is 17.4 Å². The molecule has 3 aromatic rings. The van der Waals surface area contributed by atoms with Gasteiger partial charge in [-0.15, -0.1) is 0 Å². The summed E-state index contributed by atoms with van der Waals surface area (Å²) in [4.78, 5) is 38.2. The van der Waals surface area contributed by atoms with E-state index in [0.717, 1.165) is 12.8 Å². The van der Waals surface area contributed by atoms with Crippen LogP contribution in [0.3, 0.4) is 0 Å². The molecule has 0 bridgehead atoms. The first-order valence-electron chi connectivity index (χ1n) is 10.9. The molecule has 10 nitrogen and oxygen atoms in total. The number of hydrogen-bond donors (Lipinski definition) is 2. The fourth-order valence-electron chi connectivity index (χ4n) is 3.84. The third kappa shape index (κ3) is 4.44. The van der Waals surface area contributed by atoms with Crippen LogP contribution in [0.2, 0.25) is 0 Å². The molecule has 1 aliphatic heterocycles. The SMILES string of the molecule is CC(C)n1nc(C(=O)NNC(=O)c2cccc(S(=O)(=O)N3CCCC3)c2)c2ccccc2c1=O. The number of aromatic nitrogens is 2. The standard InChI is InChI=1S/C23H25N5O5S/c1-15(2)28-23(31)19-11-4-3-10-18(19)20(26-28)22(30)25-24-21(29)16-8-7-9-17(14-16)34(32,33)27-12-5-6-13-27/h3-4,7-11,14-15H,5-6,12-13H2,1-2H3,(H,24,29)(H,25,30). The summed E-state index contributed by atoms with van der Waals surface area (Å²) in [6.45, 7) is 4.45. The topological polar surface area (TPSA) is 130 Å². The molecule has 2 aromatic carbocycles. The monoisotopic (exact) mass is 483 g/mol. The highest BCUT2D eigenvalue weighted by molar-refractivity contribution is 7.89. The van der Waals surface area contributed by atoms with Crippen molar-refractivity contribution < 1.29 is 18.0 Å². The zero-order chi connectivity index (χ0) is 24.5. The van der Waals surface area contributed by atoms with Crippen molar-refractivity contribution in [2.24, 2.45) is 0 Å². The number of amides is 2. The molecule has 0 aliphatic carbocycles. The summed E-state index contributed by atoms with van der Waals surface area (Å²) in [5, 5.41) is 4.89. The molecule has 2 amide bonds. The summed E-state index contributed by atoms with van der Waals surface area (Å²) in [7, 11) is -3.69. The van der Waals surface area contributed by atoms with E-state index in [0.29, 0.717) is 23.9 Å². The van der Waals surface area contributed by atoms with Crippen LogP contribution in [0.1, 0.15) is 53.6 Å². The smallest absolute Gasteiger partial charge is 0.267 e. The van der Waals surface area contributed by atoms with Crippen molar-refractivity contribution in [1.82, 2.24) is 24.9 Å². The number of rotatable bonds is 5. The molecule has 4 rings (SSSR count). The molecule has 1 saturated heterocycles. The summed E-state index contributed by atoms with van der Waals surface area (Å²) in [5.41, 5.74) is 4.35. The summed E-state index contributed by atoms with van der Waals surface area (Å²) >= 11 is 0. The molecule has 0 unspecified atom stereocenters. The van der Waals surface area contributed by atoms with Gasteiger partial charge in [0.05, 0.1) is 16.3 Å². The van der Waals surface area contributed by atoms with Crippen molar-refractivity contribution >= 4 is 32.6 Å². The van der Waals surface area contributed by atoms with Gasteiger partial charge in [-0.3, -0.25) is 25.2 Å². The summed E-state index contributed by atoms with van der Waals surface area (Å²) in [5.74, 6) is -1.40. The number of hydrogen-bond acceptors (Lipinski definition) is 6. The molecule has 11 heteroatoms. The summed E-state index contributed by atoms with van der Waals surface area (Å²) < 4.78 is 28.2. The molecule has 1 aliphatic rings. The molecular weight excluding hydrogens is 458 g/mol. The Labute approximate surface area is 196 Å². The van der Waals surface area contributed by atoms with Crippen LogP contribution in [0.5, 0.6) is 0 Å². The fraction of sp³-hybridized carbons (Fsp3) is 0.304. The second-order valence-electron chi connectivity index (χ2n) is 8.28. The lowest BCUT2D eigenvalue weighted by atomic mass is 10.1. The minimum Gasteiger partial charge on any atom is -0.267 e. The van der Waals surface area contributed by atoms with E-state index >= 15 is 0 Å². The van der Waals surface area contributed by atoms with E-state index in [-0.39, 0.29) is 27.8 Å². The van der Waals surface area contributed by atoms with Crippen molar-refractivity contribution in [3.8, 4) is 0 Å². The fourth-order valence-corrected chi connectivity index (χ4v) is 5.41. The maximum atomic E-state index is 12.9. The third-order valence-corrected chi connectivity index (χ3v) is 7.52. The number of hydrazine groups is 1. The minimum atomic E-state index is -3.69. The lowest BCUT2D eigenvalue weighted by molar-refractivity contribution is 0.0843. The molecule has 2 heterocycles. The lowest BCUT2D eigenvalue weighted by Gasteiger charge is -2.16. The van der Waals surface area contributed by atoms with Crippen molar-refractivity contribution in [2.45, 2.75) is 37.6 Å². The highest BCUT2D eigenvalue weighted by Crippen LogP contribution is 2.21. The normalized spacial score (nSPS) is 14.4. The van der Waals surface area contributed by atoms with Gasteiger partial charge in [0.1, 0.15) is 0 Å². The van der Waals surface area contributed by atoms with E-state index in [4.69, 9.17) is 0 Å². The average Bonchev–Trinajstić information content (AvgIpc) is 3.38. The maximum absolute atomic E-state index is 12.9. The maximum Gasteiger partial charge on any atom is 0.290 e. The zero-order valence-corrected chi connectivity index (χ0v) is 19.6. The number of carbonyl (C=O) groups excluding carboxylic acids is 2. The van der Waals surface area contributed by atoms with E-state index in [9.17, 15) is 22.8 Å².